The van der Waals surface area contributed by atoms with Gasteiger partial charge in [-0.1, -0.05) is 23.9 Å². The van der Waals surface area contributed by atoms with E-state index in [2.05, 4.69) is 6.07 Å². The van der Waals surface area contributed by atoms with E-state index in [0.29, 0.717) is 27.7 Å². The number of ketones is 1. The number of carbonyl (C=O) groups is 1. The smallest absolute Gasteiger partial charge is 0.231 e. The first-order chi connectivity index (χ1) is 15.2. The molecule has 1 aliphatic rings. The van der Waals surface area contributed by atoms with Gasteiger partial charge in [-0.25, -0.2) is 4.98 Å². The molecule has 0 fully saturated rings. The first-order valence-corrected chi connectivity index (χ1v) is 12.1. The SMILES string of the molecule is N#Cc1c(-c2cccs2)cc(-c2cccs2)nc1SCC(=O)c1ccc2c(c1)OCO2. The van der Waals surface area contributed by atoms with Crippen molar-refractivity contribution in [1.29, 1.82) is 5.26 Å². The van der Waals surface area contributed by atoms with Gasteiger partial charge in [0.1, 0.15) is 11.1 Å². The maximum Gasteiger partial charge on any atom is 0.231 e. The van der Waals surface area contributed by atoms with E-state index in [0.717, 1.165) is 21.0 Å². The fourth-order valence-electron chi connectivity index (χ4n) is 3.20. The molecule has 4 aromatic rings. The van der Waals surface area contributed by atoms with Crippen molar-refractivity contribution in [2.75, 3.05) is 12.5 Å². The van der Waals surface area contributed by atoms with Crippen molar-refractivity contribution < 1.29 is 14.3 Å². The van der Waals surface area contributed by atoms with Crippen LogP contribution in [0.25, 0.3) is 21.0 Å². The van der Waals surface area contributed by atoms with Gasteiger partial charge in [-0.15, -0.1) is 22.7 Å². The molecule has 0 N–H and O–H groups in total. The summed E-state index contributed by atoms with van der Waals surface area (Å²) in [6, 6.07) is 17.4. The molecule has 5 rings (SSSR count). The number of thioether (sulfide) groups is 1. The van der Waals surface area contributed by atoms with Crippen LogP contribution in [0.15, 0.2) is 64.3 Å². The van der Waals surface area contributed by atoms with Crippen LogP contribution in [0, 0.1) is 11.3 Å². The molecule has 5 nitrogen and oxygen atoms in total. The molecule has 152 valence electrons. The van der Waals surface area contributed by atoms with Crippen LogP contribution in [0.2, 0.25) is 0 Å². The molecular weight excluding hydrogens is 448 g/mol. The molecule has 0 bridgehead atoms. The van der Waals surface area contributed by atoms with E-state index >= 15 is 0 Å². The van der Waals surface area contributed by atoms with Crippen molar-refractivity contribution >= 4 is 40.2 Å². The molecule has 0 unspecified atom stereocenters. The van der Waals surface area contributed by atoms with E-state index in [1.54, 1.807) is 40.9 Å². The van der Waals surface area contributed by atoms with Gasteiger partial charge in [0.15, 0.2) is 17.3 Å². The first kappa shape index (κ1) is 19.8. The van der Waals surface area contributed by atoms with Crippen LogP contribution >= 0.6 is 34.4 Å². The number of Topliss-reactive ketones (excluding diaryl/α,β-unsaturated/α-hetero) is 1. The maximum absolute atomic E-state index is 12.8. The summed E-state index contributed by atoms with van der Waals surface area (Å²) >= 11 is 4.45. The Morgan fingerprint density at radius 2 is 1.84 bits per heavy atom. The largest absolute Gasteiger partial charge is 0.454 e. The molecule has 0 atom stereocenters. The molecule has 1 aliphatic heterocycles. The summed E-state index contributed by atoms with van der Waals surface area (Å²) in [4.78, 5) is 19.6. The van der Waals surface area contributed by atoms with Crippen molar-refractivity contribution in [2.24, 2.45) is 0 Å². The maximum atomic E-state index is 12.8. The molecule has 1 aromatic carbocycles. The Morgan fingerprint density at radius 1 is 1.06 bits per heavy atom. The minimum atomic E-state index is -0.0619. The second kappa shape index (κ2) is 8.55. The van der Waals surface area contributed by atoms with Gasteiger partial charge in [0.2, 0.25) is 6.79 Å². The van der Waals surface area contributed by atoms with E-state index in [1.807, 2.05) is 41.1 Å². The Labute approximate surface area is 190 Å². The van der Waals surface area contributed by atoms with Crippen LogP contribution in [0.4, 0.5) is 0 Å². The molecule has 0 spiro atoms. The van der Waals surface area contributed by atoms with Gasteiger partial charge >= 0.3 is 0 Å². The Hall–Kier alpha value is -3.12. The highest BCUT2D eigenvalue weighted by Crippen LogP contribution is 2.38. The van der Waals surface area contributed by atoms with Gasteiger partial charge in [-0.3, -0.25) is 4.79 Å². The standard InChI is InChI=1S/C23H14N2O3S3/c24-11-16-15(21-3-1-7-29-21)10-17(22-4-2-8-30-22)25-23(16)31-12-18(26)14-5-6-19-20(9-14)28-13-27-19/h1-10H,12-13H2. The fourth-order valence-corrected chi connectivity index (χ4v) is 5.53. The van der Waals surface area contributed by atoms with Crippen molar-refractivity contribution in [3.63, 3.8) is 0 Å². The lowest BCUT2D eigenvalue weighted by molar-refractivity contribution is 0.102. The average Bonchev–Trinajstić information content (AvgIpc) is 3.58. The number of thiophene rings is 2. The lowest BCUT2D eigenvalue weighted by Crippen LogP contribution is -2.04. The Kier molecular flexibility index (Phi) is 5.47. The van der Waals surface area contributed by atoms with Crippen molar-refractivity contribution in [3.05, 3.63) is 70.4 Å². The highest BCUT2D eigenvalue weighted by molar-refractivity contribution is 8.00. The minimum absolute atomic E-state index is 0.0619. The van der Waals surface area contributed by atoms with Gasteiger partial charge in [-0.2, -0.15) is 5.26 Å². The number of pyridine rings is 1. The molecule has 0 saturated heterocycles. The molecule has 0 amide bonds. The Bertz CT molecular complexity index is 1290. The predicted molar refractivity (Wildman–Crippen MR) is 123 cm³/mol. The summed E-state index contributed by atoms with van der Waals surface area (Å²) in [6.45, 7) is 0.165. The quantitative estimate of drug-likeness (QED) is 0.254. The Morgan fingerprint density at radius 3 is 2.58 bits per heavy atom. The van der Waals surface area contributed by atoms with E-state index in [9.17, 15) is 10.1 Å². The number of ether oxygens (including phenoxy) is 2. The van der Waals surface area contributed by atoms with E-state index in [1.165, 1.54) is 11.8 Å². The number of aromatic nitrogens is 1. The van der Waals surface area contributed by atoms with E-state index in [-0.39, 0.29) is 18.3 Å². The molecule has 0 aliphatic carbocycles. The summed E-state index contributed by atoms with van der Waals surface area (Å²) in [6.07, 6.45) is 0. The highest BCUT2D eigenvalue weighted by Gasteiger charge is 2.20. The lowest BCUT2D eigenvalue weighted by Gasteiger charge is -2.10. The number of hydrogen-bond donors (Lipinski definition) is 0. The van der Waals surface area contributed by atoms with Gasteiger partial charge in [0.25, 0.3) is 0 Å². The number of carbonyl (C=O) groups excluding carboxylic acids is 1. The first-order valence-electron chi connectivity index (χ1n) is 9.31. The average molecular weight is 463 g/mol. The number of hydrogen-bond acceptors (Lipinski definition) is 8. The van der Waals surface area contributed by atoms with Crippen LogP contribution in [0.3, 0.4) is 0 Å². The van der Waals surface area contributed by atoms with E-state index < -0.39 is 0 Å². The second-order valence-corrected chi connectivity index (χ2v) is 9.44. The van der Waals surface area contributed by atoms with Gasteiger partial charge < -0.3 is 9.47 Å². The zero-order valence-corrected chi connectivity index (χ0v) is 18.5. The summed E-state index contributed by atoms with van der Waals surface area (Å²) in [5.74, 6) is 1.32. The van der Waals surface area contributed by atoms with Crippen molar-refractivity contribution in [1.82, 2.24) is 4.98 Å². The molecule has 31 heavy (non-hydrogen) atoms. The zero-order chi connectivity index (χ0) is 21.2. The van der Waals surface area contributed by atoms with Crippen molar-refractivity contribution in [3.8, 4) is 38.6 Å². The topological polar surface area (TPSA) is 72.2 Å². The normalized spacial score (nSPS) is 12.0. The minimum Gasteiger partial charge on any atom is -0.454 e. The van der Waals surface area contributed by atoms with Crippen LogP contribution in [0.1, 0.15) is 15.9 Å². The summed E-state index contributed by atoms with van der Waals surface area (Å²) in [7, 11) is 0. The fraction of sp³-hybridized carbons (Fsp3) is 0.0870. The second-order valence-electron chi connectivity index (χ2n) is 6.58. The van der Waals surface area contributed by atoms with Crippen molar-refractivity contribution in [2.45, 2.75) is 5.03 Å². The predicted octanol–water partition coefficient (Wildman–Crippen LogP) is 6.11. The van der Waals surface area contributed by atoms with Crippen LogP contribution in [-0.2, 0) is 0 Å². The summed E-state index contributed by atoms with van der Waals surface area (Å²) in [5.41, 5.74) is 2.68. The number of nitrogens with zero attached hydrogens (tertiary/aromatic N) is 2. The monoisotopic (exact) mass is 462 g/mol. The van der Waals surface area contributed by atoms with Crippen LogP contribution in [0.5, 0.6) is 11.5 Å². The number of benzene rings is 1. The molecule has 8 heteroatoms. The third-order valence-electron chi connectivity index (χ3n) is 4.69. The van der Waals surface area contributed by atoms with Gasteiger partial charge in [-0.05, 0) is 47.2 Å². The highest BCUT2D eigenvalue weighted by atomic mass is 32.2. The molecule has 0 radical (unpaired) electrons. The number of rotatable bonds is 6. The lowest BCUT2D eigenvalue weighted by atomic mass is 10.1. The van der Waals surface area contributed by atoms with Crippen LogP contribution in [-0.4, -0.2) is 23.3 Å². The molecule has 3 aromatic heterocycles. The summed E-state index contributed by atoms with van der Waals surface area (Å²) in [5, 5.41) is 14.4. The summed E-state index contributed by atoms with van der Waals surface area (Å²) < 4.78 is 10.7. The molecular formula is C23H14N2O3S3. The van der Waals surface area contributed by atoms with Gasteiger partial charge in [0.05, 0.1) is 21.9 Å². The number of nitriles is 1. The van der Waals surface area contributed by atoms with E-state index in [4.69, 9.17) is 14.5 Å². The number of fused-ring (bicyclic) bond motifs is 1. The van der Waals surface area contributed by atoms with Gasteiger partial charge in [0, 0.05) is 16.0 Å². The van der Waals surface area contributed by atoms with Crippen LogP contribution < -0.4 is 9.47 Å². The zero-order valence-electron chi connectivity index (χ0n) is 16.0. The molecule has 4 heterocycles. The third-order valence-corrected chi connectivity index (χ3v) is 7.46. The Balaban J connectivity index is 1.48. The third kappa shape index (κ3) is 3.95. The molecule has 0 saturated carbocycles.